The van der Waals surface area contributed by atoms with Crippen LogP contribution in [0, 0.1) is 10.1 Å². The number of rotatable bonds is 3. The second-order valence-electron chi connectivity index (χ2n) is 3.90. The minimum Gasteiger partial charge on any atom is -0.382 e. The van der Waals surface area contributed by atoms with Crippen molar-refractivity contribution < 1.29 is 4.92 Å². The van der Waals surface area contributed by atoms with Crippen molar-refractivity contribution in [3.8, 4) is 11.1 Å². The van der Waals surface area contributed by atoms with Gasteiger partial charge in [-0.25, -0.2) is 0 Å². The lowest BCUT2D eigenvalue weighted by molar-refractivity contribution is -0.384. The highest BCUT2D eigenvalue weighted by molar-refractivity contribution is 5.98. The number of benzene rings is 2. The highest BCUT2D eigenvalue weighted by atomic mass is 16.6. The second-order valence-corrected chi connectivity index (χ2v) is 3.90. The van der Waals surface area contributed by atoms with E-state index in [0.29, 0.717) is 5.56 Å². The largest absolute Gasteiger partial charge is 0.382 e. The van der Waals surface area contributed by atoms with Crippen LogP contribution in [0.25, 0.3) is 11.1 Å². The number of hydrogen-bond donors (Lipinski definition) is 2. The summed E-state index contributed by atoms with van der Waals surface area (Å²) in [5.74, 6) is 5.37. The third kappa shape index (κ3) is 2.68. The molecule has 19 heavy (non-hydrogen) atoms. The van der Waals surface area contributed by atoms with Gasteiger partial charge in [0, 0.05) is 17.7 Å². The standard InChI is InChI=1S/C13H12N4O2/c14-13(16-15)11-3-1-2-10(8-11)9-4-6-12(7-5-9)17(18)19/h1-8H,15H2,(H2,14,16). The molecule has 0 heterocycles. The van der Waals surface area contributed by atoms with Crippen LogP contribution in [0.2, 0.25) is 0 Å². The summed E-state index contributed by atoms with van der Waals surface area (Å²) in [7, 11) is 0. The molecule has 0 radical (unpaired) electrons. The Hall–Kier alpha value is -2.89. The molecule has 0 atom stereocenters. The minimum atomic E-state index is -0.431. The molecule has 0 unspecified atom stereocenters. The summed E-state index contributed by atoms with van der Waals surface area (Å²) in [6.45, 7) is 0. The summed E-state index contributed by atoms with van der Waals surface area (Å²) >= 11 is 0. The summed E-state index contributed by atoms with van der Waals surface area (Å²) in [6.07, 6.45) is 0. The van der Waals surface area contributed by atoms with Crippen molar-refractivity contribution in [3.05, 3.63) is 64.2 Å². The van der Waals surface area contributed by atoms with Crippen LogP contribution >= 0.6 is 0 Å². The number of amidine groups is 1. The first-order valence-corrected chi connectivity index (χ1v) is 5.50. The van der Waals surface area contributed by atoms with Gasteiger partial charge in [0.15, 0.2) is 0 Å². The van der Waals surface area contributed by atoms with Crippen LogP contribution in [0.1, 0.15) is 5.56 Å². The Morgan fingerprint density at radius 1 is 1.11 bits per heavy atom. The quantitative estimate of drug-likeness (QED) is 0.287. The monoisotopic (exact) mass is 256 g/mol. The van der Waals surface area contributed by atoms with Gasteiger partial charge in [-0.15, -0.1) is 0 Å². The molecule has 0 saturated heterocycles. The van der Waals surface area contributed by atoms with E-state index in [2.05, 4.69) is 5.10 Å². The molecule has 0 amide bonds. The van der Waals surface area contributed by atoms with E-state index in [-0.39, 0.29) is 11.5 Å². The van der Waals surface area contributed by atoms with Crippen LogP contribution in [-0.2, 0) is 0 Å². The van der Waals surface area contributed by atoms with Gasteiger partial charge in [0.2, 0.25) is 0 Å². The number of nitro groups is 1. The van der Waals surface area contributed by atoms with Crippen molar-refractivity contribution in [3.63, 3.8) is 0 Å². The molecule has 6 nitrogen and oxygen atoms in total. The van der Waals surface area contributed by atoms with E-state index in [1.807, 2.05) is 18.2 Å². The Kier molecular flexibility index (Phi) is 3.42. The number of nitrogens with zero attached hydrogens (tertiary/aromatic N) is 2. The Balaban J connectivity index is 2.39. The normalized spacial score (nSPS) is 11.3. The average Bonchev–Trinajstić information content (AvgIpc) is 2.46. The first kappa shape index (κ1) is 12.6. The van der Waals surface area contributed by atoms with Gasteiger partial charge in [-0.3, -0.25) is 10.1 Å². The highest BCUT2D eigenvalue weighted by Crippen LogP contribution is 2.23. The van der Waals surface area contributed by atoms with Gasteiger partial charge in [-0.2, -0.15) is 5.10 Å². The molecule has 2 rings (SSSR count). The molecule has 6 heteroatoms. The van der Waals surface area contributed by atoms with Gasteiger partial charge < -0.3 is 11.6 Å². The molecular weight excluding hydrogens is 244 g/mol. The molecule has 2 aromatic carbocycles. The van der Waals surface area contributed by atoms with Crippen molar-refractivity contribution in [1.82, 2.24) is 0 Å². The molecule has 0 fully saturated rings. The van der Waals surface area contributed by atoms with E-state index in [9.17, 15) is 10.1 Å². The zero-order valence-electron chi connectivity index (χ0n) is 9.98. The van der Waals surface area contributed by atoms with E-state index < -0.39 is 4.92 Å². The van der Waals surface area contributed by atoms with Gasteiger partial charge in [0.05, 0.1) is 4.92 Å². The van der Waals surface area contributed by atoms with Gasteiger partial charge in [0.1, 0.15) is 5.84 Å². The van der Waals surface area contributed by atoms with Crippen molar-refractivity contribution >= 4 is 11.5 Å². The SMILES string of the molecule is NN=C(N)c1cccc(-c2ccc([N+](=O)[O-])cc2)c1. The fourth-order valence-corrected chi connectivity index (χ4v) is 1.71. The summed E-state index contributed by atoms with van der Waals surface area (Å²) in [5, 5.41) is 14.0. The van der Waals surface area contributed by atoms with Crippen LogP contribution in [0.5, 0.6) is 0 Å². The van der Waals surface area contributed by atoms with E-state index >= 15 is 0 Å². The Morgan fingerprint density at radius 2 is 1.79 bits per heavy atom. The fraction of sp³-hybridized carbons (Fsp3) is 0. The third-order valence-corrected chi connectivity index (χ3v) is 2.71. The zero-order valence-corrected chi connectivity index (χ0v) is 9.98. The van der Waals surface area contributed by atoms with Gasteiger partial charge in [0.25, 0.3) is 5.69 Å². The molecule has 0 saturated carbocycles. The number of non-ortho nitro benzene ring substituents is 1. The van der Waals surface area contributed by atoms with Gasteiger partial charge >= 0.3 is 0 Å². The van der Waals surface area contributed by atoms with Crippen LogP contribution in [0.3, 0.4) is 0 Å². The maximum absolute atomic E-state index is 10.6. The summed E-state index contributed by atoms with van der Waals surface area (Å²) in [5.41, 5.74) is 8.15. The molecule has 0 aliphatic carbocycles. The van der Waals surface area contributed by atoms with Crippen LogP contribution < -0.4 is 11.6 Å². The van der Waals surface area contributed by atoms with Crippen molar-refractivity contribution in [2.45, 2.75) is 0 Å². The van der Waals surface area contributed by atoms with Crippen LogP contribution in [0.4, 0.5) is 5.69 Å². The molecule has 2 aromatic rings. The molecular formula is C13H12N4O2. The zero-order chi connectivity index (χ0) is 13.8. The summed E-state index contributed by atoms with van der Waals surface area (Å²) < 4.78 is 0. The number of hydrogen-bond acceptors (Lipinski definition) is 4. The van der Waals surface area contributed by atoms with Crippen LogP contribution in [0.15, 0.2) is 53.6 Å². The van der Waals surface area contributed by atoms with E-state index in [4.69, 9.17) is 11.6 Å². The predicted octanol–water partition coefficient (Wildman–Crippen LogP) is 1.84. The first-order chi connectivity index (χ1) is 9.11. The predicted molar refractivity (Wildman–Crippen MR) is 73.4 cm³/mol. The number of nitro benzene ring substituents is 1. The lowest BCUT2D eigenvalue weighted by Crippen LogP contribution is -2.15. The average molecular weight is 256 g/mol. The Morgan fingerprint density at radius 3 is 2.37 bits per heavy atom. The first-order valence-electron chi connectivity index (χ1n) is 5.50. The van der Waals surface area contributed by atoms with Crippen molar-refractivity contribution in [2.75, 3.05) is 0 Å². The van der Waals surface area contributed by atoms with Crippen molar-refractivity contribution in [2.24, 2.45) is 16.7 Å². The Bertz CT molecular complexity index is 635. The molecule has 4 N–H and O–H groups in total. The lowest BCUT2D eigenvalue weighted by Gasteiger charge is -2.04. The van der Waals surface area contributed by atoms with Crippen LogP contribution in [-0.4, -0.2) is 10.8 Å². The van der Waals surface area contributed by atoms with E-state index in [0.717, 1.165) is 11.1 Å². The molecule has 0 bridgehead atoms. The summed E-state index contributed by atoms with van der Waals surface area (Å²) in [4.78, 5) is 10.2. The van der Waals surface area contributed by atoms with Gasteiger partial charge in [-0.05, 0) is 29.3 Å². The maximum atomic E-state index is 10.6. The van der Waals surface area contributed by atoms with Gasteiger partial charge in [-0.1, -0.05) is 18.2 Å². The third-order valence-electron chi connectivity index (χ3n) is 2.71. The smallest absolute Gasteiger partial charge is 0.269 e. The molecule has 0 aromatic heterocycles. The second kappa shape index (κ2) is 5.18. The Labute approximate surface area is 109 Å². The fourth-order valence-electron chi connectivity index (χ4n) is 1.71. The lowest BCUT2D eigenvalue weighted by atomic mass is 10.0. The van der Waals surface area contributed by atoms with E-state index in [1.165, 1.54) is 12.1 Å². The summed E-state index contributed by atoms with van der Waals surface area (Å²) in [6, 6.07) is 13.6. The maximum Gasteiger partial charge on any atom is 0.269 e. The minimum absolute atomic E-state index is 0.0583. The highest BCUT2D eigenvalue weighted by Gasteiger charge is 2.06. The number of hydrazone groups is 1. The topological polar surface area (TPSA) is 108 Å². The molecule has 0 aliphatic heterocycles. The molecule has 0 spiro atoms. The number of nitrogens with two attached hydrogens (primary N) is 2. The molecule has 96 valence electrons. The molecule has 0 aliphatic rings. The van der Waals surface area contributed by atoms with E-state index in [1.54, 1.807) is 18.2 Å². The van der Waals surface area contributed by atoms with Crippen molar-refractivity contribution in [1.29, 1.82) is 0 Å².